The number of methoxy groups -OCH3 is 2. The molecule has 20 heavy (non-hydrogen) atoms. The summed E-state index contributed by atoms with van der Waals surface area (Å²) < 4.78 is 10.8. The third kappa shape index (κ3) is 2.68. The Morgan fingerprint density at radius 3 is 2.30 bits per heavy atom. The number of hydrogen-bond acceptors (Lipinski definition) is 3. The van der Waals surface area contributed by atoms with E-state index < -0.39 is 0 Å². The molecule has 3 nitrogen and oxygen atoms in total. The number of likely N-dealkylation sites (N-methyl/N-ethyl adjacent to an activating group) is 1. The van der Waals surface area contributed by atoms with Crippen LogP contribution in [0.3, 0.4) is 0 Å². The molecule has 0 aliphatic heterocycles. The number of hydrogen-bond donors (Lipinski definition) is 0. The van der Waals surface area contributed by atoms with E-state index in [0.717, 1.165) is 17.9 Å². The van der Waals surface area contributed by atoms with Gasteiger partial charge in [-0.1, -0.05) is 19.4 Å². The molecule has 1 aliphatic carbocycles. The highest BCUT2D eigenvalue weighted by Gasteiger charge is 2.28. The van der Waals surface area contributed by atoms with Gasteiger partial charge in [-0.2, -0.15) is 0 Å². The largest absolute Gasteiger partial charge is 0.493 e. The van der Waals surface area contributed by atoms with Gasteiger partial charge in [-0.25, -0.2) is 0 Å². The van der Waals surface area contributed by atoms with Gasteiger partial charge in [0.05, 0.1) is 20.3 Å². The molecule has 0 fully saturated rings. The van der Waals surface area contributed by atoms with Crippen molar-refractivity contribution in [3.63, 3.8) is 0 Å². The fraction of sp³-hybridized carbons (Fsp3) is 0.529. The van der Waals surface area contributed by atoms with E-state index in [9.17, 15) is 0 Å². The summed E-state index contributed by atoms with van der Waals surface area (Å²) in [6.07, 6.45) is 5.93. The van der Waals surface area contributed by atoms with Gasteiger partial charge >= 0.3 is 0 Å². The van der Waals surface area contributed by atoms with E-state index >= 15 is 0 Å². The number of benzene rings is 1. The molecule has 110 valence electrons. The summed E-state index contributed by atoms with van der Waals surface area (Å²) >= 11 is 0. The van der Waals surface area contributed by atoms with Crippen molar-refractivity contribution in [3.8, 4) is 11.5 Å². The van der Waals surface area contributed by atoms with Crippen LogP contribution in [0.4, 0.5) is 0 Å². The monoisotopic (exact) mass is 275 g/mol. The molecule has 0 saturated carbocycles. The first-order valence-electron chi connectivity index (χ1n) is 7.25. The molecule has 3 heteroatoms. The molecule has 0 spiro atoms. The lowest BCUT2D eigenvalue weighted by Crippen LogP contribution is -2.20. The third-order valence-corrected chi connectivity index (χ3v) is 3.91. The molecule has 0 N–H and O–H groups in total. The molecule has 0 amide bonds. The number of unbranched alkanes of at least 4 members (excludes halogenated alkanes) is 1. The summed E-state index contributed by atoms with van der Waals surface area (Å²) in [6, 6.07) is 4.56. The molecule has 1 aromatic carbocycles. The summed E-state index contributed by atoms with van der Waals surface area (Å²) in [5.41, 5.74) is 4.06. The van der Waals surface area contributed by atoms with E-state index in [1.165, 1.54) is 29.5 Å². The smallest absolute Gasteiger partial charge is 0.161 e. The van der Waals surface area contributed by atoms with Crippen molar-refractivity contribution >= 4 is 6.08 Å². The highest BCUT2D eigenvalue weighted by Crippen LogP contribution is 2.44. The minimum absolute atomic E-state index is 0.358. The van der Waals surface area contributed by atoms with Crippen LogP contribution in [0.1, 0.15) is 43.4 Å². The van der Waals surface area contributed by atoms with E-state index in [2.05, 4.69) is 44.1 Å². The highest BCUT2D eigenvalue weighted by molar-refractivity contribution is 5.70. The first kappa shape index (κ1) is 14.9. The molecule has 0 aromatic heterocycles. The Labute approximate surface area is 122 Å². The quantitative estimate of drug-likeness (QED) is 0.786. The Kier molecular flexibility index (Phi) is 4.71. The van der Waals surface area contributed by atoms with Gasteiger partial charge in [0.15, 0.2) is 11.5 Å². The fourth-order valence-electron chi connectivity index (χ4n) is 2.95. The van der Waals surface area contributed by atoms with E-state index in [4.69, 9.17) is 9.47 Å². The lowest BCUT2D eigenvalue weighted by molar-refractivity contribution is 0.330. The lowest BCUT2D eigenvalue weighted by atomic mass is 9.99. The summed E-state index contributed by atoms with van der Waals surface area (Å²) in [6.45, 7) is 2.24. The van der Waals surface area contributed by atoms with Gasteiger partial charge in [0.1, 0.15) is 0 Å². The molecule has 0 radical (unpaired) electrons. The summed E-state index contributed by atoms with van der Waals surface area (Å²) in [7, 11) is 7.64. The minimum Gasteiger partial charge on any atom is -0.493 e. The number of nitrogens with zero attached hydrogens (tertiary/aromatic N) is 1. The Hall–Kier alpha value is -1.48. The van der Waals surface area contributed by atoms with Crippen LogP contribution in [0.25, 0.3) is 6.08 Å². The van der Waals surface area contributed by atoms with E-state index in [-0.39, 0.29) is 0 Å². The minimum atomic E-state index is 0.358. The van der Waals surface area contributed by atoms with Crippen LogP contribution < -0.4 is 9.47 Å². The second-order valence-corrected chi connectivity index (χ2v) is 5.53. The van der Waals surface area contributed by atoms with Gasteiger partial charge in [-0.3, -0.25) is 4.90 Å². The van der Waals surface area contributed by atoms with E-state index in [0.29, 0.717) is 6.04 Å². The van der Waals surface area contributed by atoms with E-state index in [1.807, 2.05) is 0 Å². The van der Waals surface area contributed by atoms with Crippen molar-refractivity contribution in [3.05, 3.63) is 28.8 Å². The SMILES string of the molecule is CCCCC1=Cc2cc(OC)c(OC)cc2C1N(C)C. The van der Waals surface area contributed by atoms with Crippen molar-refractivity contribution in [2.75, 3.05) is 28.3 Å². The molecule has 2 rings (SSSR count). The van der Waals surface area contributed by atoms with Crippen molar-refractivity contribution in [2.45, 2.75) is 32.2 Å². The molecule has 1 aromatic rings. The van der Waals surface area contributed by atoms with Crippen molar-refractivity contribution in [1.29, 1.82) is 0 Å². The number of ether oxygens (including phenoxy) is 2. The summed E-state index contributed by atoms with van der Waals surface area (Å²) in [5, 5.41) is 0. The summed E-state index contributed by atoms with van der Waals surface area (Å²) in [4.78, 5) is 2.28. The zero-order chi connectivity index (χ0) is 14.7. The molecule has 1 unspecified atom stereocenters. The summed E-state index contributed by atoms with van der Waals surface area (Å²) in [5.74, 6) is 1.61. The van der Waals surface area contributed by atoms with Crippen molar-refractivity contribution in [1.82, 2.24) is 4.90 Å². The molecule has 0 heterocycles. The average molecular weight is 275 g/mol. The number of fused-ring (bicyclic) bond motifs is 1. The Morgan fingerprint density at radius 1 is 1.10 bits per heavy atom. The first-order valence-corrected chi connectivity index (χ1v) is 7.25. The van der Waals surface area contributed by atoms with Crippen LogP contribution in [0.15, 0.2) is 17.7 Å². The standard InChI is InChI=1S/C17H25NO2/c1-6-7-8-12-9-13-10-15(19-4)16(20-5)11-14(13)17(12)18(2)3/h9-11,17H,6-8H2,1-5H3. The second kappa shape index (κ2) is 6.31. The molecule has 0 bridgehead atoms. The number of rotatable bonds is 6. The van der Waals surface area contributed by atoms with Crippen LogP contribution in [0, 0.1) is 0 Å². The van der Waals surface area contributed by atoms with Gasteiger partial charge in [-0.15, -0.1) is 0 Å². The van der Waals surface area contributed by atoms with Crippen molar-refractivity contribution < 1.29 is 9.47 Å². The van der Waals surface area contributed by atoms with Crippen LogP contribution in [0.2, 0.25) is 0 Å². The maximum atomic E-state index is 5.44. The molecule has 1 atom stereocenters. The normalized spacial score (nSPS) is 17.1. The van der Waals surface area contributed by atoms with Crippen LogP contribution in [0.5, 0.6) is 11.5 Å². The van der Waals surface area contributed by atoms with Gasteiger partial charge < -0.3 is 9.47 Å². The third-order valence-electron chi connectivity index (χ3n) is 3.91. The molecular formula is C17H25NO2. The van der Waals surface area contributed by atoms with Gasteiger partial charge in [0.25, 0.3) is 0 Å². The Morgan fingerprint density at radius 2 is 1.75 bits per heavy atom. The molecule has 1 aliphatic rings. The van der Waals surface area contributed by atoms with Crippen molar-refractivity contribution in [2.24, 2.45) is 0 Å². The van der Waals surface area contributed by atoms with Gasteiger partial charge in [0, 0.05) is 0 Å². The Balaban J connectivity index is 2.42. The van der Waals surface area contributed by atoms with Crippen LogP contribution in [-0.2, 0) is 0 Å². The zero-order valence-corrected chi connectivity index (χ0v) is 13.2. The van der Waals surface area contributed by atoms with Gasteiger partial charge in [-0.05, 0) is 55.8 Å². The first-order chi connectivity index (χ1) is 9.62. The highest BCUT2D eigenvalue weighted by atomic mass is 16.5. The topological polar surface area (TPSA) is 21.7 Å². The second-order valence-electron chi connectivity index (χ2n) is 5.53. The predicted molar refractivity (Wildman–Crippen MR) is 83.5 cm³/mol. The van der Waals surface area contributed by atoms with Crippen LogP contribution in [-0.4, -0.2) is 33.2 Å². The average Bonchev–Trinajstić information content (AvgIpc) is 2.80. The Bertz CT molecular complexity index is 506. The fourth-order valence-corrected chi connectivity index (χ4v) is 2.95. The molecule has 0 saturated heterocycles. The van der Waals surface area contributed by atoms with Gasteiger partial charge in [0.2, 0.25) is 0 Å². The maximum Gasteiger partial charge on any atom is 0.161 e. The predicted octanol–water partition coefficient (Wildman–Crippen LogP) is 3.89. The van der Waals surface area contributed by atoms with E-state index in [1.54, 1.807) is 14.2 Å². The molecular weight excluding hydrogens is 250 g/mol. The maximum absolute atomic E-state index is 5.44. The lowest BCUT2D eigenvalue weighted by Gasteiger charge is -2.25. The van der Waals surface area contributed by atoms with Crippen LogP contribution >= 0.6 is 0 Å². The zero-order valence-electron chi connectivity index (χ0n) is 13.2.